The molecule has 0 rings (SSSR count). The summed E-state index contributed by atoms with van der Waals surface area (Å²) in [6.07, 6.45) is 3.33. The van der Waals surface area contributed by atoms with Gasteiger partial charge in [-0.2, -0.15) is 0 Å². The van der Waals surface area contributed by atoms with Crippen molar-refractivity contribution in [2.45, 2.75) is 62.1 Å². The summed E-state index contributed by atoms with van der Waals surface area (Å²) in [6, 6.07) is 3.00. The highest BCUT2D eigenvalue weighted by Crippen LogP contribution is 2.44. The van der Waals surface area contributed by atoms with Crippen LogP contribution in [0, 0.1) is 0 Å². The maximum absolute atomic E-state index is 5.71. The van der Waals surface area contributed by atoms with E-state index in [1.165, 1.54) is 0 Å². The third-order valence-corrected chi connectivity index (χ3v) is 16.3. The molecule has 0 aliphatic heterocycles. The van der Waals surface area contributed by atoms with Gasteiger partial charge in [0.15, 0.2) is 0 Å². The van der Waals surface area contributed by atoms with Gasteiger partial charge in [-0.15, -0.1) is 0 Å². The van der Waals surface area contributed by atoms with E-state index in [0.717, 1.165) is 47.6 Å². The predicted molar refractivity (Wildman–Crippen MR) is 118 cm³/mol. The first-order valence-corrected chi connectivity index (χ1v) is 17.9. The van der Waals surface area contributed by atoms with E-state index in [4.69, 9.17) is 26.6 Å². The highest BCUT2D eigenvalue weighted by molar-refractivity contribution is 6.67. The summed E-state index contributed by atoms with van der Waals surface area (Å²) < 4.78 is 34.3. The monoisotopic (exact) mass is 442 g/mol. The quantitative estimate of drug-likeness (QED) is 0.364. The minimum atomic E-state index is -2.07. The molecule has 0 atom stereocenters. The Bertz CT molecular complexity index is 332. The molecule has 0 N–H and O–H groups in total. The lowest BCUT2D eigenvalue weighted by Gasteiger charge is -2.37. The van der Waals surface area contributed by atoms with Crippen molar-refractivity contribution < 1.29 is 26.6 Å². The molecule has 0 saturated heterocycles. The van der Waals surface area contributed by atoms with Gasteiger partial charge in [-0.25, -0.2) is 0 Å². The van der Waals surface area contributed by atoms with Gasteiger partial charge in [0, 0.05) is 52.9 Å². The highest BCUT2D eigenvalue weighted by atomic mass is 28.4. The number of rotatable bonds is 15. The van der Waals surface area contributed by atoms with Crippen molar-refractivity contribution in [3.8, 4) is 0 Å². The minimum absolute atomic E-state index is 0.280. The summed E-state index contributed by atoms with van der Waals surface area (Å²) in [5.41, 5.74) is 0. The largest absolute Gasteiger partial charge is 0.398 e. The fourth-order valence-electron chi connectivity index (χ4n) is 2.82. The van der Waals surface area contributed by atoms with E-state index in [0.29, 0.717) is 0 Å². The van der Waals surface area contributed by atoms with Gasteiger partial charge in [0.25, 0.3) is 0 Å². The van der Waals surface area contributed by atoms with Gasteiger partial charge in [0.2, 0.25) is 0 Å². The molecule has 0 unspecified atom stereocenters. The van der Waals surface area contributed by atoms with Gasteiger partial charge in [0.05, 0.1) is 0 Å². The molecule has 0 bridgehead atoms. The summed E-state index contributed by atoms with van der Waals surface area (Å²) in [5, 5.41) is 0.280. The molecule has 0 aromatic rings. The van der Waals surface area contributed by atoms with Gasteiger partial charge in [0.1, 0.15) is 0 Å². The molecule has 10 heteroatoms. The first kappa shape index (κ1) is 26.6. The van der Waals surface area contributed by atoms with Crippen LogP contribution in [0.25, 0.3) is 0 Å². The van der Waals surface area contributed by atoms with Crippen LogP contribution in [0.3, 0.4) is 0 Å². The molecule has 0 aliphatic rings. The fraction of sp³-hybridized carbons (Fsp3) is 1.00. The third-order valence-electron chi connectivity index (χ3n) is 6.14. The van der Waals surface area contributed by atoms with E-state index in [1.54, 1.807) is 42.7 Å². The van der Waals surface area contributed by atoms with Crippen LogP contribution in [0.1, 0.15) is 19.3 Å². The van der Waals surface area contributed by atoms with E-state index in [2.05, 4.69) is 19.6 Å². The van der Waals surface area contributed by atoms with Crippen molar-refractivity contribution >= 4 is 35.9 Å². The van der Waals surface area contributed by atoms with E-state index < -0.39 is 25.7 Å². The zero-order chi connectivity index (χ0) is 20.5. The average Bonchev–Trinajstić information content (AvgIpc) is 2.68. The van der Waals surface area contributed by atoms with Crippen molar-refractivity contribution in [2.24, 2.45) is 0 Å². The van der Waals surface area contributed by atoms with Crippen LogP contribution in [0.15, 0.2) is 0 Å². The normalized spacial score (nSPS) is 14.2. The Kier molecular flexibility index (Phi) is 11.9. The molecular weight excluding hydrogens is 401 g/mol. The fourth-order valence-corrected chi connectivity index (χ4v) is 9.97. The Morgan fingerprint density at radius 3 is 0.885 bits per heavy atom. The van der Waals surface area contributed by atoms with Gasteiger partial charge in [-0.3, -0.25) is 0 Å². The standard InChI is InChI=1S/C16H42O6Si4/c1-17-24(7,18-2)13-10-16(23,11-14-25(8,19-3)20-4)12-15-26(9,21-5)22-6/h10-15H2,1-9,23H3. The van der Waals surface area contributed by atoms with Gasteiger partial charge >= 0.3 is 25.7 Å². The van der Waals surface area contributed by atoms with Crippen LogP contribution in [0.2, 0.25) is 42.8 Å². The molecule has 26 heavy (non-hydrogen) atoms. The van der Waals surface area contributed by atoms with E-state index in [1.807, 2.05) is 0 Å². The van der Waals surface area contributed by atoms with Crippen LogP contribution in [0.5, 0.6) is 0 Å². The Balaban J connectivity index is 5.17. The van der Waals surface area contributed by atoms with Crippen LogP contribution in [-0.4, -0.2) is 78.6 Å². The van der Waals surface area contributed by atoms with Gasteiger partial charge in [-0.05, 0) is 62.1 Å². The lowest BCUT2D eigenvalue weighted by atomic mass is 9.98. The number of hydrogen-bond donors (Lipinski definition) is 0. The summed E-state index contributed by atoms with van der Waals surface area (Å²) in [5.74, 6) is 0. The summed E-state index contributed by atoms with van der Waals surface area (Å²) in [4.78, 5) is 0. The first-order chi connectivity index (χ1) is 12.0. The van der Waals surface area contributed by atoms with Crippen molar-refractivity contribution in [2.75, 3.05) is 42.7 Å². The summed E-state index contributed by atoms with van der Waals surface area (Å²) >= 11 is 0. The Morgan fingerprint density at radius 2 is 0.731 bits per heavy atom. The van der Waals surface area contributed by atoms with Crippen LogP contribution in [-0.2, 0) is 26.6 Å². The second-order valence-corrected chi connectivity index (χ2v) is 20.8. The zero-order valence-electron chi connectivity index (χ0n) is 18.7. The Labute approximate surface area is 167 Å². The minimum Gasteiger partial charge on any atom is -0.398 e. The van der Waals surface area contributed by atoms with Crippen molar-refractivity contribution in [3.63, 3.8) is 0 Å². The SMILES string of the molecule is CO[Si](C)(CCC([SiH3])(CC[Si](C)(OC)OC)CC[Si](C)(OC)OC)OC. The average molecular weight is 443 g/mol. The van der Waals surface area contributed by atoms with Gasteiger partial charge < -0.3 is 26.6 Å². The predicted octanol–water partition coefficient (Wildman–Crippen LogP) is 2.78. The summed E-state index contributed by atoms with van der Waals surface area (Å²) in [6.45, 7) is 6.42. The molecule has 0 heterocycles. The van der Waals surface area contributed by atoms with Crippen molar-refractivity contribution in [1.29, 1.82) is 0 Å². The second kappa shape index (κ2) is 11.6. The molecule has 0 spiro atoms. The smallest absolute Gasteiger partial charge is 0.334 e. The molecule has 158 valence electrons. The lowest BCUT2D eigenvalue weighted by molar-refractivity contribution is 0.236. The molecular formula is C16H42O6Si4. The highest BCUT2D eigenvalue weighted by Gasteiger charge is 2.39. The molecule has 6 nitrogen and oxygen atoms in total. The van der Waals surface area contributed by atoms with Crippen LogP contribution >= 0.6 is 0 Å². The van der Waals surface area contributed by atoms with Crippen LogP contribution in [0.4, 0.5) is 0 Å². The molecule has 0 aromatic heterocycles. The zero-order valence-corrected chi connectivity index (χ0v) is 23.7. The van der Waals surface area contributed by atoms with Gasteiger partial charge in [-0.1, -0.05) is 0 Å². The third kappa shape index (κ3) is 8.76. The Hall–Kier alpha value is 0.628. The number of hydrogen-bond acceptors (Lipinski definition) is 6. The second-order valence-electron chi connectivity index (χ2n) is 7.94. The van der Waals surface area contributed by atoms with E-state index in [-0.39, 0.29) is 5.04 Å². The maximum Gasteiger partial charge on any atom is 0.334 e. The van der Waals surface area contributed by atoms with Crippen LogP contribution < -0.4 is 0 Å². The maximum atomic E-state index is 5.71. The summed E-state index contributed by atoms with van der Waals surface area (Å²) in [7, 11) is 5.49. The lowest BCUT2D eigenvalue weighted by Crippen LogP contribution is -2.40. The molecule has 0 saturated carbocycles. The molecule has 0 fully saturated rings. The first-order valence-electron chi connectivity index (χ1n) is 9.30. The molecule has 0 aromatic carbocycles. The molecule has 0 radical (unpaired) electrons. The molecule has 0 aliphatic carbocycles. The van der Waals surface area contributed by atoms with Crippen molar-refractivity contribution in [1.82, 2.24) is 0 Å². The van der Waals surface area contributed by atoms with E-state index in [9.17, 15) is 0 Å². The Morgan fingerprint density at radius 1 is 0.538 bits per heavy atom. The topological polar surface area (TPSA) is 55.4 Å². The van der Waals surface area contributed by atoms with Crippen molar-refractivity contribution in [3.05, 3.63) is 0 Å². The van der Waals surface area contributed by atoms with E-state index >= 15 is 0 Å². The molecule has 0 amide bonds.